The van der Waals surface area contributed by atoms with Gasteiger partial charge in [-0.3, -0.25) is 9.59 Å². The number of carboxylic acid groups (broad SMARTS) is 2. The normalized spacial score (nSPS) is 13.4. The smallest absolute Gasteiger partial charge is 0.307 e. The Kier molecular flexibility index (Phi) is 6.97. The summed E-state index contributed by atoms with van der Waals surface area (Å²) in [5.74, 6) is -1.98. The summed E-state index contributed by atoms with van der Waals surface area (Å²) in [6.07, 6.45) is 8.05. The minimum absolute atomic E-state index is 0.00979. The largest absolute Gasteiger partial charge is 0.481 e. The van der Waals surface area contributed by atoms with E-state index in [1.54, 1.807) is 25.2 Å². The minimum Gasteiger partial charge on any atom is -0.481 e. The molecule has 0 fully saturated rings. The van der Waals surface area contributed by atoms with Gasteiger partial charge in [0, 0.05) is 0 Å². The van der Waals surface area contributed by atoms with Crippen LogP contribution in [0, 0.1) is 5.92 Å². The monoisotopic (exact) mass is 212 g/mol. The molecule has 1 atom stereocenters. The SMILES string of the molecule is CC(CC/C=C/C=C/CC(=O)O)C(=O)O. The Morgan fingerprint density at radius 2 is 1.80 bits per heavy atom. The maximum Gasteiger partial charge on any atom is 0.307 e. The number of carbonyl (C=O) groups is 2. The number of allylic oxidation sites excluding steroid dienone is 3. The molecule has 0 heterocycles. The molecule has 0 amide bonds. The van der Waals surface area contributed by atoms with Crippen molar-refractivity contribution < 1.29 is 19.8 Å². The lowest BCUT2D eigenvalue weighted by Crippen LogP contribution is -2.08. The van der Waals surface area contributed by atoms with E-state index in [1.165, 1.54) is 0 Å². The van der Waals surface area contributed by atoms with Crippen molar-refractivity contribution in [1.82, 2.24) is 0 Å². The van der Waals surface area contributed by atoms with E-state index in [2.05, 4.69) is 0 Å². The van der Waals surface area contributed by atoms with Crippen LogP contribution in [0.15, 0.2) is 24.3 Å². The molecule has 0 rings (SSSR count). The molecule has 0 aliphatic rings. The summed E-state index contributed by atoms with van der Waals surface area (Å²) in [6.45, 7) is 1.66. The van der Waals surface area contributed by atoms with E-state index in [9.17, 15) is 9.59 Å². The highest BCUT2D eigenvalue weighted by molar-refractivity contribution is 5.69. The van der Waals surface area contributed by atoms with Gasteiger partial charge in [-0.25, -0.2) is 0 Å². The number of carboxylic acids is 2. The van der Waals surface area contributed by atoms with Crippen LogP contribution >= 0.6 is 0 Å². The van der Waals surface area contributed by atoms with Crippen LogP contribution in [0.3, 0.4) is 0 Å². The van der Waals surface area contributed by atoms with Crippen molar-refractivity contribution in [2.24, 2.45) is 5.92 Å². The first kappa shape index (κ1) is 13.4. The van der Waals surface area contributed by atoms with Gasteiger partial charge in [0.1, 0.15) is 0 Å². The van der Waals surface area contributed by atoms with Gasteiger partial charge in [-0.1, -0.05) is 31.2 Å². The van der Waals surface area contributed by atoms with Gasteiger partial charge in [0.15, 0.2) is 0 Å². The van der Waals surface area contributed by atoms with Crippen molar-refractivity contribution in [3.8, 4) is 0 Å². The van der Waals surface area contributed by atoms with E-state index < -0.39 is 11.9 Å². The lowest BCUT2D eigenvalue weighted by molar-refractivity contribution is -0.141. The van der Waals surface area contributed by atoms with Gasteiger partial charge in [-0.15, -0.1) is 0 Å². The molecule has 0 aromatic carbocycles. The Bertz CT molecular complexity index is 266. The zero-order valence-corrected chi connectivity index (χ0v) is 8.72. The topological polar surface area (TPSA) is 74.6 Å². The third-order valence-corrected chi connectivity index (χ3v) is 1.86. The average Bonchev–Trinajstić information content (AvgIpc) is 2.15. The van der Waals surface area contributed by atoms with Crippen molar-refractivity contribution in [1.29, 1.82) is 0 Å². The van der Waals surface area contributed by atoms with Crippen molar-refractivity contribution in [3.05, 3.63) is 24.3 Å². The van der Waals surface area contributed by atoms with Crippen LogP contribution in [0.25, 0.3) is 0 Å². The van der Waals surface area contributed by atoms with E-state index in [0.717, 1.165) is 0 Å². The summed E-state index contributed by atoms with van der Waals surface area (Å²) in [5.41, 5.74) is 0. The second kappa shape index (κ2) is 7.79. The van der Waals surface area contributed by atoms with E-state index in [-0.39, 0.29) is 12.3 Å². The van der Waals surface area contributed by atoms with Gasteiger partial charge < -0.3 is 10.2 Å². The van der Waals surface area contributed by atoms with Crippen LogP contribution < -0.4 is 0 Å². The zero-order valence-electron chi connectivity index (χ0n) is 8.72. The van der Waals surface area contributed by atoms with Gasteiger partial charge in [0.2, 0.25) is 0 Å². The Hall–Kier alpha value is -1.58. The summed E-state index contributed by atoms with van der Waals surface area (Å²) in [4.78, 5) is 20.5. The molecule has 2 N–H and O–H groups in total. The summed E-state index contributed by atoms with van der Waals surface area (Å²) >= 11 is 0. The fraction of sp³-hybridized carbons (Fsp3) is 0.455. The zero-order chi connectivity index (χ0) is 11.7. The molecule has 0 aliphatic carbocycles. The van der Waals surface area contributed by atoms with E-state index >= 15 is 0 Å². The Morgan fingerprint density at radius 1 is 1.20 bits per heavy atom. The molecule has 0 spiro atoms. The molecular formula is C11H16O4. The lowest BCUT2D eigenvalue weighted by Gasteiger charge is -2.01. The van der Waals surface area contributed by atoms with Gasteiger partial charge in [0.25, 0.3) is 0 Å². The van der Waals surface area contributed by atoms with Crippen molar-refractivity contribution in [2.45, 2.75) is 26.2 Å². The summed E-state index contributed by atoms with van der Waals surface area (Å²) in [6, 6.07) is 0. The number of rotatable bonds is 7. The third kappa shape index (κ3) is 8.74. The molecule has 4 nitrogen and oxygen atoms in total. The molecule has 0 saturated carbocycles. The van der Waals surface area contributed by atoms with Gasteiger partial charge in [-0.2, -0.15) is 0 Å². The second-order valence-corrected chi connectivity index (χ2v) is 3.27. The Morgan fingerprint density at radius 3 is 2.33 bits per heavy atom. The molecule has 0 radical (unpaired) electrons. The molecule has 0 saturated heterocycles. The molecule has 1 unspecified atom stereocenters. The highest BCUT2D eigenvalue weighted by Gasteiger charge is 2.08. The minimum atomic E-state index is -0.862. The van der Waals surface area contributed by atoms with Crippen LogP contribution in [0.5, 0.6) is 0 Å². The molecule has 15 heavy (non-hydrogen) atoms. The number of hydrogen-bond donors (Lipinski definition) is 2. The lowest BCUT2D eigenvalue weighted by atomic mass is 10.1. The van der Waals surface area contributed by atoms with Gasteiger partial charge in [0.05, 0.1) is 12.3 Å². The fourth-order valence-corrected chi connectivity index (χ4v) is 0.892. The van der Waals surface area contributed by atoms with Gasteiger partial charge >= 0.3 is 11.9 Å². The van der Waals surface area contributed by atoms with Crippen LogP contribution in [0.2, 0.25) is 0 Å². The molecule has 4 heteroatoms. The average molecular weight is 212 g/mol. The van der Waals surface area contributed by atoms with E-state index in [1.807, 2.05) is 6.08 Å². The predicted octanol–water partition coefficient (Wildman–Crippen LogP) is 2.07. The van der Waals surface area contributed by atoms with Crippen LogP contribution in [0.1, 0.15) is 26.2 Å². The summed E-state index contributed by atoms with van der Waals surface area (Å²) < 4.78 is 0. The van der Waals surface area contributed by atoms with E-state index in [4.69, 9.17) is 10.2 Å². The highest BCUT2D eigenvalue weighted by atomic mass is 16.4. The van der Waals surface area contributed by atoms with Gasteiger partial charge in [-0.05, 0) is 12.8 Å². The van der Waals surface area contributed by atoms with Crippen LogP contribution in [-0.2, 0) is 9.59 Å². The van der Waals surface area contributed by atoms with E-state index in [0.29, 0.717) is 12.8 Å². The first-order valence-electron chi connectivity index (χ1n) is 4.80. The standard InChI is InChI=1S/C11H16O4/c1-9(11(14)15)7-5-3-2-4-6-8-10(12)13/h2-4,6,9H,5,7-8H2,1H3,(H,12,13)(H,14,15)/b3-2+,6-4+. The van der Waals surface area contributed by atoms with Crippen molar-refractivity contribution in [2.75, 3.05) is 0 Å². The third-order valence-electron chi connectivity index (χ3n) is 1.86. The first-order valence-corrected chi connectivity index (χ1v) is 4.80. The van der Waals surface area contributed by atoms with Crippen molar-refractivity contribution >= 4 is 11.9 Å². The molecule has 0 bridgehead atoms. The maximum absolute atomic E-state index is 10.4. The predicted molar refractivity (Wildman–Crippen MR) is 56.6 cm³/mol. The number of hydrogen-bond acceptors (Lipinski definition) is 2. The molecule has 84 valence electrons. The quantitative estimate of drug-likeness (QED) is 0.633. The molecule has 0 aromatic rings. The summed E-state index contributed by atoms with van der Waals surface area (Å²) in [7, 11) is 0. The molecule has 0 aromatic heterocycles. The Labute approximate surface area is 88.9 Å². The number of aliphatic carboxylic acids is 2. The maximum atomic E-state index is 10.4. The Balaban J connectivity index is 3.59. The van der Waals surface area contributed by atoms with Crippen molar-refractivity contribution in [3.63, 3.8) is 0 Å². The summed E-state index contributed by atoms with van der Waals surface area (Å²) in [5, 5.41) is 16.9. The molecule has 0 aliphatic heterocycles. The fourth-order valence-electron chi connectivity index (χ4n) is 0.892. The molecular weight excluding hydrogens is 196 g/mol. The first-order chi connectivity index (χ1) is 7.04. The highest BCUT2D eigenvalue weighted by Crippen LogP contribution is 2.05. The van der Waals surface area contributed by atoms with Crippen LogP contribution in [0.4, 0.5) is 0 Å². The van der Waals surface area contributed by atoms with Crippen LogP contribution in [-0.4, -0.2) is 22.2 Å². The second-order valence-electron chi connectivity index (χ2n) is 3.27.